The number of hydrogen-bond acceptors (Lipinski definition) is 7. The van der Waals surface area contributed by atoms with Crippen molar-refractivity contribution in [2.24, 2.45) is 9.98 Å². The molecule has 2 heterocycles. The Morgan fingerprint density at radius 1 is 1.25 bits per heavy atom. The van der Waals surface area contributed by atoms with Crippen LogP contribution in [0.1, 0.15) is 6.92 Å². The number of carbonyl (C=O) groups is 1. The number of anilines is 1. The van der Waals surface area contributed by atoms with Crippen LogP contribution < -0.4 is 4.90 Å². The highest BCUT2D eigenvalue weighted by Gasteiger charge is 2.27. The summed E-state index contributed by atoms with van der Waals surface area (Å²) in [6.45, 7) is 5.03. The topological polar surface area (TPSA) is 91.4 Å². The molecule has 2 aliphatic rings. The molecule has 0 aliphatic carbocycles. The van der Waals surface area contributed by atoms with Crippen LogP contribution in [0.4, 0.5) is 11.4 Å². The third kappa shape index (κ3) is 3.73. The molecule has 0 saturated carbocycles. The minimum absolute atomic E-state index is 0.0310. The van der Waals surface area contributed by atoms with Crippen molar-refractivity contribution in [3.05, 3.63) is 34.4 Å². The van der Waals surface area contributed by atoms with Crippen LogP contribution in [0.15, 0.2) is 34.3 Å². The molecule has 1 aromatic rings. The number of amidine groups is 2. The number of nitrogens with zero attached hydrogens (tertiary/aromatic N) is 5. The zero-order valence-corrected chi connectivity index (χ0v) is 14.0. The van der Waals surface area contributed by atoms with Gasteiger partial charge in [-0.05, 0) is 30.8 Å². The molecule has 3 rings (SSSR count). The van der Waals surface area contributed by atoms with Gasteiger partial charge in [0.15, 0.2) is 16.1 Å². The number of non-ortho nitro benzene ring substituents is 1. The predicted molar refractivity (Wildman–Crippen MR) is 94.9 cm³/mol. The molecule has 0 radical (unpaired) electrons. The van der Waals surface area contributed by atoms with E-state index in [-0.39, 0.29) is 22.9 Å². The van der Waals surface area contributed by atoms with Crippen LogP contribution in [0, 0.1) is 10.1 Å². The number of carbonyl (C=O) groups excluding carboxylic acids is 1. The van der Waals surface area contributed by atoms with Crippen LogP contribution in [-0.2, 0) is 4.79 Å². The number of hydrogen-bond donors (Lipinski definition) is 0. The first-order valence-electron chi connectivity index (χ1n) is 7.58. The normalized spacial score (nSPS) is 19.0. The van der Waals surface area contributed by atoms with Crippen molar-refractivity contribution in [2.75, 3.05) is 37.6 Å². The van der Waals surface area contributed by atoms with Gasteiger partial charge in [0, 0.05) is 44.0 Å². The standard InChI is InChI=1S/C15H17N5O3S/c1-11(21)10-16-14-17-15(24-14)19-8-6-18(7-9-19)12-2-4-13(5-3-12)20(22)23/h2-5H,6-10H2,1H3. The molecule has 126 valence electrons. The Balaban J connectivity index is 1.53. The lowest BCUT2D eigenvalue weighted by atomic mass is 10.2. The quantitative estimate of drug-likeness (QED) is 0.609. The van der Waals surface area contributed by atoms with Crippen LogP contribution in [0.25, 0.3) is 0 Å². The van der Waals surface area contributed by atoms with Gasteiger partial charge in [0.2, 0.25) is 0 Å². The van der Waals surface area contributed by atoms with Crippen molar-refractivity contribution in [3.63, 3.8) is 0 Å². The highest BCUT2D eigenvalue weighted by Crippen LogP contribution is 2.26. The summed E-state index contributed by atoms with van der Waals surface area (Å²) >= 11 is 1.50. The Labute approximate surface area is 143 Å². The molecule has 0 amide bonds. The monoisotopic (exact) mass is 347 g/mol. The van der Waals surface area contributed by atoms with Gasteiger partial charge in [-0.25, -0.2) is 0 Å². The van der Waals surface area contributed by atoms with E-state index in [1.54, 1.807) is 12.1 Å². The van der Waals surface area contributed by atoms with Crippen molar-refractivity contribution >= 4 is 39.3 Å². The van der Waals surface area contributed by atoms with Gasteiger partial charge >= 0.3 is 0 Å². The minimum atomic E-state index is -0.390. The predicted octanol–water partition coefficient (Wildman–Crippen LogP) is 1.76. The van der Waals surface area contributed by atoms with Crippen molar-refractivity contribution in [1.82, 2.24) is 4.90 Å². The van der Waals surface area contributed by atoms with Crippen molar-refractivity contribution in [2.45, 2.75) is 6.92 Å². The number of Topliss-reactive ketones (excluding diaryl/α,β-unsaturated/α-hetero) is 1. The van der Waals surface area contributed by atoms with Crippen molar-refractivity contribution < 1.29 is 9.72 Å². The second-order valence-corrected chi connectivity index (χ2v) is 6.48. The Kier molecular flexibility index (Phi) is 4.79. The molecule has 0 N–H and O–H groups in total. The fourth-order valence-corrected chi connectivity index (χ4v) is 3.23. The average molecular weight is 347 g/mol. The van der Waals surface area contributed by atoms with Gasteiger partial charge in [-0.1, -0.05) is 0 Å². The number of nitro benzene ring substituents is 1. The van der Waals surface area contributed by atoms with E-state index in [1.165, 1.54) is 30.8 Å². The third-order valence-corrected chi connectivity index (χ3v) is 4.72. The smallest absolute Gasteiger partial charge is 0.269 e. The van der Waals surface area contributed by atoms with Crippen molar-refractivity contribution in [3.8, 4) is 0 Å². The fourth-order valence-electron chi connectivity index (χ4n) is 2.49. The third-order valence-electron chi connectivity index (χ3n) is 3.79. The molecule has 0 unspecified atom stereocenters. The lowest BCUT2D eigenvalue weighted by Gasteiger charge is -2.38. The first-order valence-corrected chi connectivity index (χ1v) is 8.39. The van der Waals surface area contributed by atoms with Crippen LogP contribution in [-0.4, -0.2) is 58.7 Å². The molecule has 2 aliphatic heterocycles. The zero-order valence-electron chi connectivity index (χ0n) is 13.2. The molecule has 0 atom stereocenters. The van der Waals surface area contributed by atoms with E-state index in [9.17, 15) is 14.9 Å². The summed E-state index contributed by atoms with van der Waals surface area (Å²) in [6.07, 6.45) is 0. The largest absolute Gasteiger partial charge is 0.368 e. The van der Waals surface area contributed by atoms with E-state index in [0.29, 0.717) is 5.17 Å². The molecule has 9 heteroatoms. The zero-order chi connectivity index (χ0) is 17.1. The second-order valence-electron chi connectivity index (χ2n) is 5.54. The molecule has 0 spiro atoms. The Morgan fingerprint density at radius 2 is 1.83 bits per heavy atom. The van der Waals surface area contributed by atoms with Gasteiger partial charge < -0.3 is 9.80 Å². The number of ketones is 1. The summed E-state index contributed by atoms with van der Waals surface area (Å²) in [5.74, 6) is 0.0310. The number of rotatable bonds is 4. The van der Waals surface area contributed by atoms with Crippen molar-refractivity contribution in [1.29, 1.82) is 0 Å². The molecular weight excluding hydrogens is 330 g/mol. The lowest BCUT2D eigenvalue weighted by Crippen LogP contribution is -2.49. The first kappa shape index (κ1) is 16.4. The highest BCUT2D eigenvalue weighted by molar-refractivity contribution is 8.28. The van der Waals surface area contributed by atoms with Gasteiger partial charge in [0.25, 0.3) is 5.69 Å². The molecule has 1 saturated heterocycles. The van der Waals surface area contributed by atoms with E-state index >= 15 is 0 Å². The van der Waals surface area contributed by atoms with Gasteiger partial charge in [-0.15, -0.1) is 0 Å². The Morgan fingerprint density at radius 3 is 2.38 bits per heavy atom. The van der Waals surface area contributed by atoms with Crippen LogP contribution in [0.5, 0.6) is 0 Å². The minimum Gasteiger partial charge on any atom is -0.368 e. The van der Waals surface area contributed by atoms with E-state index in [1.807, 2.05) is 0 Å². The molecule has 8 nitrogen and oxygen atoms in total. The number of piperazine rings is 1. The summed E-state index contributed by atoms with van der Waals surface area (Å²) in [7, 11) is 0. The van der Waals surface area contributed by atoms with Crippen LogP contribution in [0.3, 0.4) is 0 Å². The SMILES string of the molecule is CC(=O)CN=C1N=C(N2CCN(c3ccc([N+](=O)[O-])cc3)CC2)S1. The summed E-state index contributed by atoms with van der Waals surface area (Å²) < 4.78 is 0. The second kappa shape index (κ2) is 7.00. The number of thioether (sulfide) groups is 1. The summed E-state index contributed by atoms with van der Waals surface area (Å²) in [5.41, 5.74) is 1.10. The molecule has 0 aromatic heterocycles. The van der Waals surface area contributed by atoms with Gasteiger partial charge in [-0.2, -0.15) is 4.99 Å². The molecule has 0 bridgehead atoms. The summed E-state index contributed by atoms with van der Waals surface area (Å²) in [6, 6.07) is 6.64. The van der Waals surface area contributed by atoms with Crippen LogP contribution >= 0.6 is 11.8 Å². The van der Waals surface area contributed by atoms with Gasteiger partial charge in [0.05, 0.1) is 4.92 Å². The van der Waals surface area contributed by atoms with E-state index in [4.69, 9.17) is 0 Å². The molecule has 1 aromatic carbocycles. The van der Waals surface area contributed by atoms with E-state index < -0.39 is 0 Å². The summed E-state index contributed by atoms with van der Waals surface area (Å²) in [5, 5.41) is 12.3. The Bertz CT molecular complexity index is 708. The molecule has 1 fully saturated rings. The molecule has 24 heavy (non-hydrogen) atoms. The van der Waals surface area contributed by atoms with Crippen LogP contribution in [0.2, 0.25) is 0 Å². The Hall–Kier alpha value is -2.42. The maximum absolute atomic E-state index is 10.9. The number of benzene rings is 1. The average Bonchev–Trinajstić information content (AvgIpc) is 2.54. The summed E-state index contributed by atoms with van der Waals surface area (Å²) in [4.78, 5) is 34.1. The maximum Gasteiger partial charge on any atom is 0.269 e. The molecular formula is C15H17N5O3S. The van der Waals surface area contributed by atoms with Gasteiger partial charge in [-0.3, -0.25) is 19.9 Å². The van der Waals surface area contributed by atoms with E-state index in [2.05, 4.69) is 19.8 Å². The van der Waals surface area contributed by atoms with E-state index in [0.717, 1.165) is 37.0 Å². The number of aliphatic imine (C=N–C) groups is 2. The van der Waals surface area contributed by atoms with Gasteiger partial charge in [0.1, 0.15) is 6.54 Å². The first-order chi connectivity index (χ1) is 11.5. The highest BCUT2D eigenvalue weighted by atomic mass is 32.2. The maximum atomic E-state index is 10.9. The fraction of sp³-hybridized carbons (Fsp3) is 0.400. The number of nitro groups is 1. The lowest BCUT2D eigenvalue weighted by molar-refractivity contribution is -0.384.